The molecule has 0 unspecified atom stereocenters. The van der Waals surface area contributed by atoms with Crippen LogP contribution in [0.5, 0.6) is 0 Å². The van der Waals surface area contributed by atoms with E-state index < -0.39 is 11.7 Å². The van der Waals surface area contributed by atoms with Crippen molar-refractivity contribution >= 4 is 0 Å². The molecular weight excluding hydrogens is 389 g/mol. The summed E-state index contributed by atoms with van der Waals surface area (Å²) < 4.78 is 51.2. The Labute approximate surface area is 162 Å². The van der Waals surface area contributed by atoms with Gasteiger partial charge in [0.2, 0.25) is 0 Å². The number of benzene rings is 1. The zero-order valence-corrected chi connectivity index (χ0v) is 15.0. The van der Waals surface area contributed by atoms with E-state index >= 15 is 0 Å². The van der Waals surface area contributed by atoms with Crippen LogP contribution in [0.1, 0.15) is 11.3 Å². The lowest BCUT2D eigenvalue weighted by molar-refractivity contribution is -0.137. The maximum Gasteiger partial charge on any atom is 0.416 e. The maximum atomic E-state index is 13.1. The Morgan fingerprint density at radius 3 is 2.59 bits per heavy atom. The molecule has 0 atom stereocenters. The zero-order chi connectivity index (χ0) is 20.4. The zero-order valence-electron chi connectivity index (χ0n) is 15.0. The molecule has 4 aromatic rings. The average Bonchev–Trinajstić information content (AvgIpc) is 3.36. The normalized spacial score (nSPS) is 11.7. The molecule has 0 amide bonds. The average molecular weight is 402 g/mol. The molecule has 0 aliphatic rings. The van der Waals surface area contributed by atoms with Crippen LogP contribution in [0.2, 0.25) is 0 Å². The molecule has 1 aromatic carbocycles. The third-order valence-corrected chi connectivity index (χ3v) is 3.97. The molecule has 0 saturated heterocycles. The first-order chi connectivity index (χ1) is 14.0. The second kappa shape index (κ2) is 7.43. The molecule has 0 spiro atoms. The highest BCUT2D eigenvalue weighted by molar-refractivity contribution is 5.55. The molecule has 0 radical (unpaired) electrons. The first kappa shape index (κ1) is 18.7. The Kier molecular flexibility index (Phi) is 4.80. The molecule has 0 aliphatic carbocycles. The fourth-order valence-electron chi connectivity index (χ4n) is 2.67. The molecule has 3 heterocycles. The van der Waals surface area contributed by atoms with E-state index in [0.29, 0.717) is 11.4 Å². The van der Waals surface area contributed by atoms with Crippen molar-refractivity contribution in [3.05, 3.63) is 59.9 Å². The summed E-state index contributed by atoms with van der Waals surface area (Å²) in [6, 6.07) is 9.96. The van der Waals surface area contributed by atoms with Gasteiger partial charge >= 0.3 is 6.18 Å². The minimum absolute atomic E-state index is 0.0138. The van der Waals surface area contributed by atoms with E-state index in [-0.39, 0.29) is 29.8 Å². The van der Waals surface area contributed by atoms with E-state index in [1.165, 1.54) is 23.9 Å². The lowest BCUT2D eigenvalue weighted by Crippen LogP contribution is -2.08. The number of hydrogen-bond donors (Lipinski definition) is 0. The monoisotopic (exact) mass is 402 g/mol. The minimum atomic E-state index is -4.48. The van der Waals surface area contributed by atoms with Gasteiger partial charge in [-0.2, -0.15) is 13.2 Å². The number of methoxy groups -OCH3 is 1. The van der Waals surface area contributed by atoms with Gasteiger partial charge in [0.25, 0.3) is 11.8 Å². The maximum absolute atomic E-state index is 13.1. The van der Waals surface area contributed by atoms with Crippen molar-refractivity contribution in [3.63, 3.8) is 0 Å². The summed E-state index contributed by atoms with van der Waals surface area (Å²) in [4.78, 5) is 4.13. The first-order valence-electron chi connectivity index (χ1n) is 8.34. The van der Waals surface area contributed by atoms with Gasteiger partial charge < -0.3 is 9.15 Å². The quantitative estimate of drug-likeness (QED) is 0.504. The van der Waals surface area contributed by atoms with E-state index in [1.54, 1.807) is 24.4 Å². The van der Waals surface area contributed by atoms with Crippen molar-refractivity contribution in [2.75, 3.05) is 7.11 Å². The SMILES string of the molecule is COCc1c(-c2nnc(-c3ccccn3)o2)nnn1-c1cccc(C(F)(F)F)c1. The van der Waals surface area contributed by atoms with Gasteiger partial charge in [0.15, 0.2) is 5.69 Å². The summed E-state index contributed by atoms with van der Waals surface area (Å²) in [5, 5.41) is 15.9. The molecule has 4 rings (SSSR count). The van der Waals surface area contributed by atoms with Gasteiger partial charge in [-0.25, -0.2) is 4.68 Å². The fraction of sp³-hybridized carbons (Fsp3) is 0.167. The number of nitrogens with zero attached hydrogens (tertiary/aromatic N) is 6. The Balaban J connectivity index is 1.76. The van der Waals surface area contributed by atoms with Gasteiger partial charge in [-0.05, 0) is 30.3 Å². The summed E-state index contributed by atoms with van der Waals surface area (Å²) in [7, 11) is 1.44. The summed E-state index contributed by atoms with van der Waals surface area (Å²) >= 11 is 0. The number of halogens is 3. The van der Waals surface area contributed by atoms with Crippen molar-refractivity contribution in [2.45, 2.75) is 12.8 Å². The van der Waals surface area contributed by atoms with Crippen LogP contribution in [0.4, 0.5) is 13.2 Å². The first-order valence-corrected chi connectivity index (χ1v) is 8.34. The highest BCUT2D eigenvalue weighted by Crippen LogP contribution is 2.31. The predicted molar refractivity (Wildman–Crippen MR) is 93.6 cm³/mol. The number of hydrogen-bond acceptors (Lipinski definition) is 7. The van der Waals surface area contributed by atoms with Crippen LogP contribution >= 0.6 is 0 Å². The van der Waals surface area contributed by atoms with Gasteiger partial charge in [-0.1, -0.05) is 17.3 Å². The van der Waals surface area contributed by atoms with Gasteiger partial charge in [-0.15, -0.1) is 15.3 Å². The van der Waals surface area contributed by atoms with E-state index in [4.69, 9.17) is 9.15 Å². The summed E-state index contributed by atoms with van der Waals surface area (Å²) in [5.74, 6) is 0.230. The molecular formula is C18H13F3N6O2. The smallest absolute Gasteiger partial charge is 0.413 e. The molecule has 0 N–H and O–H groups in total. The van der Waals surface area contributed by atoms with E-state index in [9.17, 15) is 13.2 Å². The highest BCUT2D eigenvalue weighted by Gasteiger charge is 2.31. The molecule has 0 fully saturated rings. The number of aromatic nitrogens is 6. The fourth-order valence-corrected chi connectivity index (χ4v) is 2.67. The Hall–Kier alpha value is -3.60. The van der Waals surface area contributed by atoms with E-state index in [2.05, 4.69) is 25.5 Å². The third kappa shape index (κ3) is 3.72. The summed E-state index contributed by atoms with van der Waals surface area (Å²) in [6.45, 7) is 0.0138. The Morgan fingerprint density at radius 1 is 1.03 bits per heavy atom. The van der Waals surface area contributed by atoms with Gasteiger partial charge in [0.1, 0.15) is 11.4 Å². The predicted octanol–water partition coefficient (Wildman–Crippen LogP) is 3.54. The standard InChI is InChI=1S/C18H13F3N6O2/c1-28-10-14-15(17-25-24-16(29-17)13-7-2-3-8-22-13)23-26-27(14)12-6-4-5-11(9-12)18(19,20)21/h2-9H,10H2,1H3. The topological polar surface area (TPSA) is 91.8 Å². The molecule has 0 bridgehead atoms. The third-order valence-electron chi connectivity index (χ3n) is 3.97. The second-order valence-corrected chi connectivity index (χ2v) is 5.90. The number of alkyl halides is 3. The van der Waals surface area contributed by atoms with Gasteiger partial charge in [0, 0.05) is 13.3 Å². The molecule has 0 aliphatic heterocycles. The highest BCUT2D eigenvalue weighted by atomic mass is 19.4. The largest absolute Gasteiger partial charge is 0.416 e. The van der Waals surface area contributed by atoms with Crippen LogP contribution < -0.4 is 0 Å². The van der Waals surface area contributed by atoms with Crippen LogP contribution in [0.25, 0.3) is 28.9 Å². The van der Waals surface area contributed by atoms with Crippen LogP contribution in [0, 0.1) is 0 Å². The van der Waals surface area contributed by atoms with Gasteiger partial charge in [0.05, 0.1) is 17.9 Å². The van der Waals surface area contributed by atoms with Crippen LogP contribution in [-0.2, 0) is 17.5 Å². The van der Waals surface area contributed by atoms with Crippen LogP contribution in [-0.4, -0.2) is 37.3 Å². The second-order valence-electron chi connectivity index (χ2n) is 5.90. The summed E-state index contributed by atoms with van der Waals surface area (Å²) in [5.41, 5.74) is 0.424. The van der Waals surface area contributed by atoms with Crippen molar-refractivity contribution in [3.8, 4) is 28.9 Å². The molecule has 148 valence electrons. The molecule has 29 heavy (non-hydrogen) atoms. The van der Waals surface area contributed by atoms with Crippen molar-refractivity contribution < 1.29 is 22.3 Å². The molecule has 8 nitrogen and oxygen atoms in total. The minimum Gasteiger partial charge on any atom is -0.413 e. The molecule has 3 aromatic heterocycles. The summed E-state index contributed by atoms with van der Waals surface area (Å²) in [6.07, 6.45) is -2.90. The van der Waals surface area contributed by atoms with Crippen LogP contribution in [0.15, 0.2) is 53.1 Å². The Bertz CT molecular complexity index is 1120. The van der Waals surface area contributed by atoms with Crippen molar-refractivity contribution in [1.29, 1.82) is 0 Å². The number of rotatable bonds is 5. The Morgan fingerprint density at radius 2 is 1.86 bits per heavy atom. The molecule has 11 heteroatoms. The van der Waals surface area contributed by atoms with Gasteiger partial charge in [-0.3, -0.25) is 4.98 Å². The van der Waals surface area contributed by atoms with E-state index in [0.717, 1.165) is 12.1 Å². The van der Waals surface area contributed by atoms with Crippen molar-refractivity contribution in [1.82, 2.24) is 30.2 Å². The number of ether oxygens (including phenoxy) is 1. The van der Waals surface area contributed by atoms with Crippen LogP contribution in [0.3, 0.4) is 0 Å². The molecule has 0 saturated carbocycles. The lowest BCUT2D eigenvalue weighted by atomic mass is 10.2. The van der Waals surface area contributed by atoms with Crippen molar-refractivity contribution in [2.24, 2.45) is 0 Å². The lowest BCUT2D eigenvalue weighted by Gasteiger charge is -2.10. The number of pyridine rings is 1. The van der Waals surface area contributed by atoms with E-state index in [1.807, 2.05) is 0 Å².